The van der Waals surface area contributed by atoms with Gasteiger partial charge in [-0.1, -0.05) is 0 Å². The highest BCUT2D eigenvalue weighted by molar-refractivity contribution is 5.81. The molecule has 3 heterocycles. The summed E-state index contributed by atoms with van der Waals surface area (Å²) in [5.41, 5.74) is 0. The first-order valence-electron chi connectivity index (χ1n) is 7.52. The maximum atomic E-state index is 12.4. The van der Waals surface area contributed by atoms with Gasteiger partial charge in [-0.15, -0.1) is 0 Å². The Bertz CT molecular complexity index is 300. The monoisotopic (exact) mass is 251 g/mol. The third-order valence-electron chi connectivity index (χ3n) is 4.95. The van der Waals surface area contributed by atoms with Crippen molar-refractivity contribution in [3.05, 3.63) is 0 Å². The SMILES string of the molecule is CC(C(=O)N1CCCC1)N1CC2CCCNC2C1. The zero-order valence-corrected chi connectivity index (χ0v) is 11.4. The molecule has 3 aliphatic heterocycles. The molecule has 0 radical (unpaired) electrons. The molecule has 3 unspecified atom stereocenters. The molecule has 3 rings (SSSR count). The van der Waals surface area contributed by atoms with Gasteiger partial charge in [-0.05, 0) is 45.1 Å². The molecule has 3 fully saturated rings. The number of amides is 1. The van der Waals surface area contributed by atoms with Gasteiger partial charge in [0.15, 0.2) is 0 Å². The molecule has 4 nitrogen and oxygen atoms in total. The average Bonchev–Trinajstić information content (AvgIpc) is 3.05. The summed E-state index contributed by atoms with van der Waals surface area (Å²) in [6, 6.07) is 0.711. The van der Waals surface area contributed by atoms with Crippen LogP contribution in [0.4, 0.5) is 0 Å². The van der Waals surface area contributed by atoms with Crippen LogP contribution in [0, 0.1) is 5.92 Å². The largest absolute Gasteiger partial charge is 0.341 e. The topological polar surface area (TPSA) is 35.6 Å². The summed E-state index contributed by atoms with van der Waals surface area (Å²) >= 11 is 0. The summed E-state index contributed by atoms with van der Waals surface area (Å²) in [4.78, 5) is 16.9. The summed E-state index contributed by atoms with van der Waals surface area (Å²) in [7, 11) is 0. The number of hydrogen-bond donors (Lipinski definition) is 1. The average molecular weight is 251 g/mol. The summed E-state index contributed by atoms with van der Waals surface area (Å²) in [6.45, 7) is 7.37. The molecule has 0 bridgehead atoms. The van der Waals surface area contributed by atoms with Gasteiger partial charge in [0.25, 0.3) is 0 Å². The van der Waals surface area contributed by atoms with E-state index < -0.39 is 0 Å². The van der Waals surface area contributed by atoms with E-state index in [0.29, 0.717) is 11.9 Å². The lowest BCUT2D eigenvalue weighted by atomic mass is 9.94. The molecule has 4 heteroatoms. The van der Waals surface area contributed by atoms with Gasteiger partial charge < -0.3 is 10.2 Å². The summed E-state index contributed by atoms with van der Waals surface area (Å²) in [6.07, 6.45) is 5.00. The van der Waals surface area contributed by atoms with Crippen molar-refractivity contribution in [2.45, 2.75) is 44.7 Å². The third-order valence-corrected chi connectivity index (χ3v) is 4.95. The van der Waals surface area contributed by atoms with Gasteiger partial charge in [0.2, 0.25) is 5.91 Å². The predicted molar refractivity (Wildman–Crippen MR) is 71.4 cm³/mol. The number of fused-ring (bicyclic) bond motifs is 1. The highest BCUT2D eigenvalue weighted by Gasteiger charge is 2.38. The fraction of sp³-hybridized carbons (Fsp3) is 0.929. The van der Waals surface area contributed by atoms with Gasteiger partial charge in [-0.3, -0.25) is 9.69 Å². The number of piperidine rings is 1. The molecule has 102 valence electrons. The zero-order valence-electron chi connectivity index (χ0n) is 11.4. The van der Waals surface area contributed by atoms with Gasteiger partial charge in [0.1, 0.15) is 0 Å². The van der Waals surface area contributed by atoms with E-state index in [4.69, 9.17) is 0 Å². The number of likely N-dealkylation sites (tertiary alicyclic amines) is 2. The molecule has 0 aliphatic carbocycles. The van der Waals surface area contributed by atoms with Crippen molar-refractivity contribution >= 4 is 5.91 Å². The minimum Gasteiger partial charge on any atom is -0.341 e. The first-order chi connectivity index (χ1) is 8.75. The van der Waals surface area contributed by atoms with E-state index in [-0.39, 0.29) is 6.04 Å². The smallest absolute Gasteiger partial charge is 0.239 e. The highest BCUT2D eigenvalue weighted by atomic mass is 16.2. The van der Waals surface area contributed by atoms with Crippen LogP contribution in [-0.2, 0) is 4.79 Å². The molecule has 18 heavy (non-hydrogen) atoms. The van der Waals surface area contributed by atoms with E-state index in [1.54, 1.807) is 0 Å². The zero-order chi connectivity index (χ0) is 12.5. The second-order valence-electron chi connectivity index (χ2n) is 6.13. The molecule has 1 amide bonds. The second kappa shape index (κ2) is 5.17. The second-order valence-corrected chi connectivity index (χ2v) is 6.13. The summed E-state index contributed by atoms with van der Waals surface area (Å²) < 4.78 is 0. The molecular weight excluding hydrogens is 226 g/mol. The van der Waals surface area contributed by atoms with Crippen LogP contribution in [0.3, 0.4) is 0 Å². The van der Waals surface area contributed by atoms with Gasteiger partial charge >= 0.3 is 0 Å². The van der Waals surface area contributed by atoms with Crippen molar-refractivity contribution in [2.24, 2.45) is 5.92 Å². The normalized spacial score (nSPS) is 34.6. The number of carbonyl (C=O) groups is 1. The maximum absolute atomic E-state index is 12.4. The fourth-order valence-electron chi connectivity index (χ4n) is 3.75. The first-order valence-corrected chi connectivity index (χ1v) is 7.52. The van der Waals surface area contributed by atoms with Crippen molar-refractivity contribution in [2.75, 3.05) is 32.7 Å². The maximum Gasteiger partial charge on any atom is 0.239 e. The highest BCUT2D eigenvalue weighted by Crippen LogP contribution is 2.27. The lowest BCUT2D eigenvalue weighted by molar-refractivity contribution is -0.135. The Morgan fingerprint density at radius 1 is 1.22 bits per heavy atom. The number of rotatable bonds is 2. The van der Waals surface area contributed by atoms with Crippen LogP contribution < -0.4 is 5.32 Å². The summed E-state index contributed by atoms with van der Waals surface area (Å²) in [5.74, 6) is 1.12. The molecule has 3 aliphatic rings. The minimum atomic E-state index is 0.0792. The lowest BCUT2D eigenvalue weighted by Crippen LogP contribution is -2.46. The number of nitrogens with zero attached hydrogens (tertiary/aromatic N) is 2. The Labute approximate surface area is 110 Å². The van der Waals surface area contributed by atoms with Crippen LogP contribution in [0.25, 0.3) is 0 Å². The first kappa shape index (κ1) is 12.4. The predicted octanol–water partition coefficient (Wildman–Crippen LogP) is 0.681. The van der Waals surface area contributed by atoms with Crippen molar-refractivity contribution in [1.29, 1.82) is 0 Å². The number of carbonyl (C=O) groups excluding carboxylic acids is 1. The van der Waals surface area contributed by atoms with E-state index in [1.807, 2.05) is 0 Å². The Hall–Kier alpha value is -0.610. The Morgan fingerprint density at radius 3 is 2.72 bits per heavy atom. The Morgan fingerprint density at radius 2 is 2.00 bits per heavy atom. The Balaban J connectivity index is 1.59. The van der Waals surface area contributed by atoms with E-state index in [9.17, 15) is 4.79 Å². The number of hydrogen-bond acceptors (Lipinski definition) is 3. The van der Waals surface area contributed by atoms with Crippen LogP contribution in [0.15, 0.2) is 0 Å². The molecule has 0 saturated carbocycles. The molecule has 0 aromatic heterocycles. The molecule has 1 N–H and O–H groups in total. The Kier molecular flexibility index (Phi) is 3.57. The van der Waals surface area contributed by atoms with Crippen LogP contribution in [0.5, 0.6) is 0 Å². The number of nitrogens with one attached hydrogen (secondary N) is 1. The molecule has 3 saturated heterocycles. The standard InChI is InChI=1S/C14H25N3O/c1-11(14(18)16-7-2-3-8-16)17-9-12-5-4-6-15-13(12)10-17/h11-13,15H,2-10H2,1H3. The van der Waals surface area contributed by atoms with Crippen LogP contribution in [-0.4, -0.2) is 60.5 Å². The fourth-order valence-corrected chi connectivity index (χ4v) is 3.75. The summed E-state index contributed by atoms with van der Waals surface area (Å²) in [5, 5.41) is 3.61. The third kappa shape index (κ3) is 2.28. The molecule has 3 atom stereocenters. The van der Waals surface area contributed by atoms with Crippen molar-refractivity contribution in [1.82, 2.24) is 15.1 Å². The van der Waals surface area contributed by atoms with E-state index in [0.717, 1.165) is 38.6 Å². The van der Waals surface area contributed by atoms with Crippen LogP contribution >= 0.6 is 0 Å². The molecule has 0 aromatic carbocycles. The van der Waals surface area contributed by atoms with Gasteiger partial charge in [0.05, 0.1) is 6.04 Å². The van der Waals surface area contributed by atoms with Crippen LogP contribution in [0.2, 0.25) is 0 Å². The van der Waals surface area contributed by atoms with E-state index in [1.165, 1.54) is 25.7 Å². The van der Waals surface area contributed by atoms with Crippen LogP contribution in [0.1, 0.15) is 32.6 Å². The van der Waals surface area contributed by atoms with Crippen molar-refractivity contribution in [3.63, 3.8) is 0 Å². The van der Waals surface area contributed by atoms with E-state index in [2.05, 4.69) is 22.0 Å². The minimum absolute atomic E-state index is 0.0792. The van der Waals surface area contributed by atoms with Crippen molar-refractivity contribution in [3.8, 4) is 0 Å². The quantitative estimate of drug-likeness (QED) is 0.784. The van der Waals surface area contributed by atoms with E-state index >= 15 is 0 Å². The van der Waals surface area contributed by atoms with Gasteiger partial charge in [-0.25, -0.2) is 0 Å². The van der Waals surface area contributed by atoms with Gasteiger partial charge in [0, 0.05) is 32.2 Å². The lowest BCUT2D eigenvalue weighted by Gasteiger charge is -2.27. The van der Waals surface area contributed by atoms with Crippen molar-refractivity contribution < 1.29 is 4.79 Å². The van der Waals surface area contributed by atoms with Gasteiger partial charge in [-0.2, -0.15) is 0 Å². The molecular formula is C14H25N3O. The molecule has 0 aromatic rings. The molecule has 0 spiro atoms.